The third-order valence-corrected chi connectivity index (χ3v) is 9.04. The van der Waals surface area contributed by atoms with Gasteiger partial charge < -0.3 is 25.1 Å². The van der Waals surface area contributed by atoms with E-state index in [9.17, 15) is 27.2 Å². The van der Waals surface area contributed by atoms with Crippen molar-refractivity contribution in [2.24, 2.45) is 5.92 Å². The summed E-state index contributed by atoms with van der Waals surface area (Å²) in [6.45, 7) is 6.66. The standard InChI is InChI=1S/C32H36BrFN4O7S/c1-32(2,3)44-31(41)37-17-15-22(16-18-37)20-35-29(39)21-36-30(40)23-7-13-28(14-8-23)46(42,43)38(26-6-4-5-25(34)19-26)45-27-11-9-24(33)10-12-27/h4-14,19,22H,15-18,20-21H2,1-3H3,(H,35,39)(H,36,40). The minimum atomic E-state index is -4.37. The molecule has 3 aromatic carbocycles. The number of likely N-dealkylation sites (tertiary alicyclic amines) is 1. The molecule has 1 fully saturated rings. The molecule has 0 unspecified atom stereocenters. The average molecular weight is 720 g/mol. The van der Waals surface area contributed by atoms with Gasteiger partial charge in [-0.2, -0.15) is 8.42 Å². The molecule has 1 saturated heterocycles. The molecule has 0 spiro atoms. The number of sulfonamides is 1. The Labute approximate surface area is 276 Å². The molecule has 0 radical (unpaired) electrons. The lowest BCUT2D eigenvalue weighted by atomic mass is 9.97. The lowest BCUT2D eigenvalue weighted by Crippen LogP contribution is -2.44. The van der Waals surface area contributed by atoms with Crippen molar-refractivity contribution in [3.63, 3.8) is 0 Å². The number of ether oxygens (including phenoxy) is 1. The Morgan fingerprint density at radius 2 is 1.63 bits per heavy atom. The number of halogens is 2. The van der Waals surface area contributed by atoms with E-state index < -0.39 is 27.3 Å². The van der Waals surface area contributed by atoms with E-state index >= 15 is 0 Å². The zero-order chi connectivity index (χ0) is 33.5. The summed E-state index contributed by atoms with van der Waals surface area (Å²) in [7, 11) is -4.37. The predicted molar refractivity (Wildman–Crippen MR) is 173 cm³/mol. The first-order valence-electron chi connectivity index (χ1n) is 14.6. The minimum absolute atomic E-state index is 0.0654. The van der Waals surface area contributed by atoms with Gasteiger partial charge in [0.15, 0.2) is 5.75 Å². The van der Waals surface area contributed by atoms with Gasteiger partial charge in [0, 0.05) is 35.7 Å². The highest BCUT2D eigenvalue weighted by Gasteiger charge is 2.29. The van der Waals surface area contributed by atoms with Crippen molar-refractivity contribution >= 4 is 49.5 Å². The number of rotatable bonds is 10. The molecule has 1 aliphatic rings. The van der Waals surface area contributed by atoms with Gasteiger partial charge in [-0.3, -0.25) is 9.59 Å². The van der Waals surface area contributed by atoms with Crippen LogP contribution in [0.4, 0.5) is 14.9 Å². The average Bonchev–Trinajstić information content (AvgIpc) is 3.01. The molecule has 0 atom stereocenters. The zero-order valence-corrected chi connectivity index (χ0v) is 28.1. The van der Waals surface area contributed by atoms with Crippen molar-refractivity contribution in [2.75, 3.05) is 30.6 Å². The quantitative estimate of drug-likeness (QED) is 0.273. The van der Waals surface area contributed by atoms with E-state index in [1.165, 1.54) is 42.5 Å². The van der Waals surface area contributed by atoms with E-state index in [0.717, 1.165) is 10.5 Å². The zero-order valence-electron chi connectivity index (χ0n) is 25.7. The fraction of sp³-hybridized carbons (Fsp3) is 0.344. The monoisotopic (exact) mass is 718 g/mol. The second-order valence-corrected chi connectivity index (χ2v) is 14.3. The molecule has 4 rings (SSSR count). The molecule has 0 aliphatic carbocycles. The van der Waals surface area contributed by atoms with E-state index in [1.807, 2.05) is 20.8 Å². The molecule has 1 heterocycles. The van der Waals surface area contributed by atoms with Crippen LogP contribution in [0.1, 0.15) is 44.0 Å². The summed E-state index contributed by atoms with van der Waals surface area (Å²) < 4.78 is 48.0. The number of nitrogens with zero attached hydrogens (tertiary/aromatic N) is 2. The smallest absolute Gasteiger partial charge is 0.410 e. The van der Waals surface area contributed by atoms with E-state index in [1.54, 1.807) is 29.2 Å². The first-order chi connectivity index (χ1) is 21.7. The van der Waals surface area contributed by atoms with E-state index in [2.05, 4.69) is 26.6 Å². The normalized spacial score (nSPS) is 13.9. The van der Waals surface area contributed by atoms with E-state index in [0.29, 0.717) is 36.9 Å². The Morgan fingerprint density at radius 3 is 2.24 bits per heavy atom. The molecule has 0 bridgehead atoms. The fourth-order valence-corrected chi connectivity index (χ4v) is 6.04. The first kappa shape index (κ1) is 34.7. The lowest BCUT2D eigenvalue weighted by molar-refractivity contribution is -0.120. The molecule has 0 aromatic heterocycles. The Kier molecular flexibility index (Phi) is 11.3. The maximum atomic E-state index is 14.0. The van der Waals surface area contributed by atoms with Crippen LogP contribution in [0.3, 0.4) is 0 Å². The molecule has 3 aromatic rings. The topological polar surface area (TPSA) is 134 Å². The number of anilines is 1. The second-order valence-electron chi connectivity index (χ2n) is 11.7. The number of hydrogen-bond acceptors (Lipinski definition) is 7. The van der Waals surface area contributed by atoms with Crippen LogP contribution < -0.4 is 19.9 Å². The van der Waals surface area contributed by atoms with Crippen LogP contribution in [0.25, 0.3) is 0 Å². The van der Waals surface area contributed by atoms with Gasteiger partial charge in [0.2, 0.25) is 5.91 Å². The molecule has 14 heteroatoms. The van der Waals surface area contributed by atoms with Gasteiger partial charge in [-0.1, -0.05) is 26.5 Å². The van der Waals surface area contributed by atoms with Gasteiger partial charge in [0.25, 0.3) is 15.9 Å². The summed E-state index contributed by atoms with van der Waals surface area (Å²) in [5.74, 6) is -1.23. The molecule has 3 amide bonds. The van der Waals surface area contributed by atoms with Crippen LogP contribution in [0.5, 0.6) is 5.75 Å². The molecule has 11 nitrogen and oxygen atoms in total. The van der Waals surface area contributed by atoms with Gasteiger partial charge in [-0.15, -0.1) is 0 Å². The Hall–Kier alpha value is -4.17. The Balaban J connectivity index is 1.31. The van der Waals surface area contributed by atoms with Crippen LogP contribution in [0, 0.1) is 11.7 Å². The molecular weight excluding hydrogens is 683 g/mol. The predicted octanol–water partition coefficient (Wildman–Crippen LogP) is 5.27. The van der Waals surface area contributed by atoms with E-state index in [-0.39, 0.29) is 46.4 Å². The van der Waals surface area contributed by atoms with Crippen molar-refractivity contribution in [3.8, 4) is 5.75 Å². The number of carbonyl (C=O) groups is 3. The maximum Gasteiger partial charge on any atom is 0.410 e. The first-order valence-corrected chi connectivity index (χ1v) is 16.8. The largest absolute Gasteiger partial charge is 0.444 e. The van der Waals surface area contributed by atoms with Crippen LogP contribution in [0.2, 0.25) is 0 Å². The van der Waals surface area contributed by atoms with Crippen LogP contribution >= 0.6 is 15.9 Å². The fourth-order valence-electron chi connectivity index (χ4n) is 4.52. The molecule has 46 heavy (non-hydrogen) atoms. The minimum Gasteiger partial charge on any atom is -0.444 e. The summed E-state index contributed by atoms with van der Waals surface area (Å²) in [5, 5.41) is 5.34. The number of piperidine rings is 1. The number of carbonyl (C=O) groups excluding carboxylic acids is 3. The SMILES string of the molecule is CC(C)(C)OC(=O)N1CCC(CNC(=O)CNC(=O)c2ccc(S(=O)(=O)N(Oc3ccc(Br)cc3)c3cccc(F)c3)cc2)CC1. The van der Waals surface area contributed by atoms with Gasteiger partial charge in [0.1, 0.15) is 11.4 Å². The highest BCUT2D eigenvalue weighted by Crippen LogP contribution is 2.28. The molecular formula is C32H36BrFN4O7S. The third-order valence-electron chi connectivity index (χ3n) is 6.92. The molecule has 0 saturated carbocycles. The molecule has 1 aliphatic heterocycles. The summed E-state index contributed by atoms with van der Waals surface area (Å²) >= 11 is 3.31. The summed E-state index contributed by atoms with van der Waals surface area (Å²) in [6.07, 6.45) is 1.08. The lowest BCUT2D eigenvalue weighted by Gasteiger charge is -2.33. The number of amides is 3. The Morgan fingerprint density at radius 1 is 0.978 bits per heavy atom. The summed E-state index contributed by atoms with van der Waals surface area (Å²) in [5.41, 5.74) is -0.496. The molecule has 2 N–H and O–H groups in total. The number of hydrogen-bond donors (Lipinski definition) is 2. The van der Waals surface area contributed by atoms with Crippen LogP contribution in [0.15, 0.2) is 82.2 Å². The Bertz CT molecular complexity index is 1640. The number of benzene rings is 3. The van der Waals surface area contributed by atoms with Crippen molar-refractivity contribution in [3.05, 3.63) is 88.6 Å². The highest BCUT2D eigenvalue weighted by atomic mass is 79.9. The van der Waals surface area contributed by atoms with Gasteiger partial charge in [-0.25, -0.2) is 9.18 Å². The van der Waals surface area contributed by atoms with Crippen molar-refractivity contribution in [1.82, 2.24) is 15.5 Å². The third kappa shape index (κ3) is 9.66. The van der Waals surface area contributed by atoms with E-state index in [4.69, 9.17) is 9.57 Å². The maximum absolute atomic E-state index is 14.0. The van der Waals surface area contributed by atoms with Crippen LogP contribution in [-0.2, 0) is 19.6 Å². The van der Waals surface area contributed by atoms with Crippen molar-refractivity contribution in [2.45, 2.75) is 44.1 Å². The van der Waals surface area contributed by atoms with Crippen LogP contribution in [-0.4, -0.2) is 63.0 Å². The second kappa shape index (κ2) is 14.9. The van der Waals surface area contributed by atoms with Gasteiger partial charge in [-0.05, 0) is 100 Å². The summed E-state index contributed by atoms with van der Waals surface area (Å²) in [4.78, 5) is 44.5. The summed E-state index contributed by atoms with van der Waals surface area (Å²) in [6, 6.07) is 16.4. The molecule has 246 valence electrons. The van der Waals surface area contributed by atoms with Gasteiger partial charge in [0.05, 0.1) is 17.1 Å². The van der Waals surface area contributed by atoms with Crippen molar-refractivity contribution in [1.29, 1.82) is 0 Å². The van der Waals surface area contributed by atoms with Crippen molar-refractivity contribution < 1.29 is 36.8 Å². The highest BCUT2D eigenvalue weighted by molar-refractivity contribution is 9.10. The number of nitrogens with one attached hydrogen (secondary N) is 2. The van der Waals surface area contributed by atoms with Gasteiger partial charge >= 0.3 is 6.09 Å².